The first-order chi connectivity index (χ1) is 34.5. The van der Waals surface area contributed by atoms with Gasteiger partial charge in [-0.1, -0.05) is 224 Å². The van der Waals surface area contributed by atoms with Crippen LogP contribution in [0.3, 0.4) is 0 Å². The first-order valence-corrected chi connectivity index (χ1v) is 25.5. The molecule has 0 saturated carbocycles. The summed E-state index contributed by atoms with van der Waals surface area (Å²) >= 11 is 0. The van der Waals surface area contributed by atoms with Gasteiger partial charge < -0.3 is 4.90 Å². The van der Waals surface area contributed by atoms with Crippen molar-refractivity contribution in [3.8, 4) is 66.8 Å². The second-order valence-electron chi connectivity index (χ2n) is 22.3. The average molecular weight is 908 g/mol. The summed E-state index contributed by atoms with van der Waals surface area (Å²) in [5.74, 6) is 0. The fourth-order valence-corrected chi connectivity index (χ4v) is 14.5. The predicted octanol–water partition coefficient (Wildman–Crippen LogP) is 18.1. The van der Waals surface area contributed by atoms with Gasteiger partial charge in [-0.25, -0.2) is 0 Å². The molecular formula is C70H53N. The number of anilines is 3. The van der Waals surface area contributed by atoms with Crippen molar-refractivity contribution in [3.63, 3.8) is 0 Å². The average Bonchev–Trinajstić information content (AvgIpc) is 4.10. The number of fused-ring (bicyclic) bond motifs is 19. The van der Waals surface area contributed by atoms with E-state index in [0.29, 0.717) is 0 Å². The third kappa shape index (κ3) is 5.06. The van der Waals surface area contributed by atoms with Crippen LogP contribution in [0.5, 0.6) is 0 Å². The fourth-order valence-electron chi connectivity index (χ4n) is 14.5. The Hall–Kier alpha value is -8.00. The van der Waals surface area contributed by atoms with Gasteiger partial charge in [0.15, 0.2) is 0 Å². The molecule has 338 valence electrons. The SMILES string of the molecule is CC1(C)c2ccccc2-c2ccc(N(c3ccc4c(c3)C(C)(C)c3ccccc3-4)c3c4c(cc5c3-c3cc(-c6ccccc6)ccc3C53c5ccccc5-c5ccccc53)C(C)(C)c3ccccc3-4)cc21. The Morgan fingerprint density at radius 2 is 0.648 bits per heavy atom. The lowest BCUT2D eigenvalue weighted by molar-refractivity contribution is 0.657. The molecule has 0 fully saturated rings. The lowest BCUT2D eigenvalue weighted by Crippen LogP contribution is -2.27. The van der Waals surface area contributed by atoms with Crippen LogP contribution >= 0.6 is 0 Å². The molecule has 1 spiro atoms. The summed E-state index contributed by atoms with van der Waals surface area (Å²) in [6, 6.07) is 81.7. The van der Waals surface area contributed by atoms with Gasteiger partial charge in [-0.05, 0) is 142 Å². The predicted molar refractivity (Wildman–Crippen MR) is 296 cm³/mol. The van der Waals surface area contributed by atoms with Crippen LogP contribution in [0.2, 0.25) is 0 Å². The topological polar surface area (TPSA) is 3.24 Å². The second kappa shape index (κ2) is 13.9. The van der Waals surface area contributed by atoms with Gasteiger partial charge in [-0.15, -0.1) is 0 Å². The van der Waals surface area contributed by atoms with Crippen LogP contribution in [0.1, 0.15) is 97.2 Å². The van der Waals surface area contributed by atoms with E-state index in [1.165, 1.54) is 139 Å². The molecule has 1 nitrogen and oxygen atoms in total. The summed E-state index contributed by atoms with van der Waals surface area (Å²) in [5, 5.41) is 0. The van der Waals surface area contributed by atoms with Crippen molar-refractivity contribution in [2.45, 2.75) is 63.2 Å². The molecule has 5 aliphatic rings. The largest absolute Gasteiger partial charge is 0.309 e. The van der Waals surface area contributed by atoms with Crippen molar-refractivity contribution in [1.29, 1.82) is 0 Å². The van der Waals surface area contributed by atoms with Crippen molar-refractivity contribution in [3.05, 3.63) is 268 Å². The Bertz CT molecular complexity index is 3820. The van der Waals surface area contributed by atoms with E-state index in [1.807, 2.05) is 0 Å². The second-order valence-corrected chi connectivity index (χ2v) is 22.3. The van der Waals surface area contributed by atoms with Crippen molar-refractivity contribution in [2.75, 3.05) is 4.90 Å². The molecule has 0 amide bonds. The van der Waals surface area contributed by atoms with Crippen molar-refractivity contribution in [1.82, 2.24) is 0 Å². The molecule has 10 aromatic rings. The molecule has 0 aromatic heterocycles. The molecule has 0 atom stereocenters. The van der Waals surface area contributed by atoms with E-state index in [0.717, 1.165) is 0 Å². The fraction of sp³-hybridized carbons (Fsp3) is 0.143. The highest BCUT2D eigenvalue weighted by atomic mass is 15.2. The Morgan fingerprint density at radius 3 is 1.18 bits per heavy atom. The normalized spacial score (nSPS) is 16.2. The Morgan fingerprint density at radius 1 is 0.254 bits per heavy atom. The lowest BCUT2D eigenvalue weighted by atomic mass is 9.69. The van der Waals surface area contributed by atoms with E-state index >= 15 is 0 Å². The zero-order chi connectivity index (χ0) is 47.8. The van der Waals surface area contributed by atoms with Crippen LogP contribution in [0.15, 0.2) is 212 Å². The summed E-state index contributed by atoms with van der Waals surface area (Å²) < 4.78 is 0. The van der Waals surface area contributed by atoms with E-state index in [1.54, 1.807) is 0 Å². The standard InChI is InChI=1S/C70H53N/c1-67(2)54-27-15-10-22-46(54)50-35-33-44(39-60(50)67)71(45-34-36-51-47-23-11-16-28-55(47)68(3,4)61(51)40-45)66-64-52-26-14-17-29-56(52)69(5,6)62(64)41-63-65(66)53-38-43(42-20-8-7-9-21-42)32-37-59(53)70(63)57-30-18-12-24-48(57)49-25-13-19-31-58(49)70/h7-41H,1-6H3. The van der Waals surface area contributed by atoms with Gasteiger partial charge in [0.25, 0.3) is 0 Å². The number of hydrogen-bond donors (Lipinski definition) is 0. The Kier molecular flexibility index (Phi) is 7.98. The van der Waals surface area contributed by atoms with Crippen LogP contribution in [0.25, 0.3) is 66.8 Å². The molecule has 1 heteroatoms. The molecule has 71 heavy (non-hydrogen) atoms. The number of nitrogens with zero attached hydrogens (tertiary/aromatic N) is 1. The van der Waals surface area contributed by atoms with Crippen molar-refractivity contribution < 1.29 is 0 Å². The van der Waals surface area contributed by atoms with Gasteiger partial charge in [-0.2, -0.15) is 0 Å². The quantitative estimate of drug-likeness (QED) is 0.170. The molecule has 5 aliphatic carbocycles. The van der Waals surface area contributed by atoms with E-state index < -0.39 is 5.41 Å². The third-order valence-electron chi connectivity index (χ3n) is 17.9. The van der Waals surface area contributed by atoms with Crippen molar-refractivity contribution >= 4 is 17.1 Å². The lowest BCUT2D eigenvalue weighted by Gasteiger charge is -2.35. The summed E-state index contributed by atoms with van der Waals surface area (Å²) in [6.45, 7) is 14.6. The zero-order valence-electron chi connectivity index (χ0n) is 41.2. The molecule has 0 radical (unpaired) electrons. The van der Waals surface area contributed by atoms with Crippen LogP contribution in [0.4, 0.5) is 17.1 Å². The molecule has 0 bridgehead atoms. The van der Waals surface area contributed by atoms with E-state index in [-0.39, 0.29) is 16.2 Å². The molecule has 0 heterocycles. The minimum Gasteiger partial charge on any atom is -0.309 e. The highest BCUT2D eigenvalue weighted by Gasteiger charge is 2.55. The maximum atomic E-state index is 2.71. The van der Waals surface area contributed by atoms with Gasteiger partial charge in [0.05, 0.1) is 11.1 Å². The zero-order valence-corrected chi connectivity index (χ0v) is 41.2. The van der Waals surface area contributed by atoms with Crippen molar-refractivity contribution in [2.24, 2.45) is 0 Å². The Labute approximate surface area is 417 Å². The molecular weight excluding hydrogens is 855 g/mol. The first-order valence-electron chi connectivity index (χ1n) is 25.5. The maximum Gasteiger partial charge on any atom is 0.0726 e. The van der Waals surface area contributed by atoms with E-state index in [4.69, 9.17) is 0 Å². The minimum absolute atomic E-state index is 0.192. The number of rotatable bonds is 4. The third-order valence-corrected chi connectivity index (χ3v) is 17.9. The smallest absolute Gasteiger partial charge is 0.0726 e. The van der Waals surface area contributed by atoms with Gasteiger partial charge in [0.2, 0.25) is 0 Å². The summed E-state index contributed by atoms with van der Waals surface area (Å²) in [5.41, 5.74) is 31.6. The summed E-state index contributed by atoms with van der Waals surface area (Å²) in [7, 11) is 0. The van der Waals surface area contributed by atoms with Crippen LogP contribution < -0.4 is 4.90 Å². The molecule has 15 rings (SSSR count). The van der Waals surface area contributed by atoms with Crippen LogP contribution in [0, 0.1) is 0 Å². The molecule has 0 N–H and O–H groups in total. The van der Waals surface area contributed by atoms with Gasteiger partial charge in [0, 0.05) is 38.7 Å². The summed E-state index contributed by atoms with van der Waals surface area (Å²) in [6.07, 6.45) is 0. The van der Waals surface area contributed by atoms with Crippen LogP contribution in [-0.2, 0) is 21.7 Å². The van der Waals surface area contributed by atoms with Gasteiger partial charge in [-0.3, -0.25) is 0 Å². The van der Waals surface area contributed by atoms with Gasteiger partial charge in [0.1, 0.15) is 0 Å². The van der Waals surface area contributed by atoms with E-state index in [2.05, 4.69) is 259 Å². The maximum absolute atomic E-state index is 2.71. The van der Waals surface area contributed by atoms with Gasteiger partial charge >= 0.3 is 0 Å². The van der Waals surface area contributed by atoms with Crippen LogP contribution in [-0.4, -0.2) is 0 Å². The number of hydrogen-bond acceptors (Lipinski definition) is 1. The van der Waals surface area contributed by atoms with E-state index in [9.17, 15) is 0 Å². The first kappa shape index (κ1) is 40.8. The minimum atomic E-state index is -0.559. The highest BCUT2D eigenvalue weighted by molar-refractivity contribution is 6.09. The Balaban J connectivity index is 1.13. The highest BCUT2D eigenvalue weighted by Crippen LogP contribution is 2.69. The molecule has 0 unspecified atom stereocenters. The molecule has 0 saturated heterocycles. The summed E-state index contributed by atoms with van der Waals surface area (Å²) in [4.78, 5) is 2.71. The monoisotopic (exact) mass is 907 g/mol. The molecule has 10 aromatic carbocycles. The number of benzene rings is 10. The molecule has 0 aliphatic heterocycles.